The lowest BCUT2D eigenvalue weighted by Gasteiger charge is -2.47. The second-order valence-corrected chi connectivity index (χ2v) is 13.9. The number of nitrogens with one attached hydrogen (secondary N) is 3. The Morgan fingerprint density at radius 3 is 2.45 bits per heavy atom. The highest BCUT2D eigenvalue weighted by Gasteiger charge is 2.44. The molecule has 11 heteroatoms. The summed E-state index contributed by atoms with van der Waals surface area (Å²) < 4.78 is 27.4. The highest BCUT2D eigenvalue weighted by molar-refractivity contribution is 7.89. The largest absolute Gasteiger partial charge is 0.369 e. The molecule has 3 fully saturated rings. The quantitative estimate of drug-likeness (QED) is 0.333. The maximum atomic E-state index is 13.0. The number of hydrogen-bond donors (Lipinski definition) is 5. The summed E-state index contributed by atoms with van der Waals surface area (Å²) in [5, 5.41) is 10.1. The minimum Gasteiger partial charge on any atom is -0.369 e. The van der Waals surface area contributed by atoms with E-state index in [0.717, 1.165) is 32.4 Å². The number of nitrogens with two attached hydrogens (primary N) is 2. The van der Waals surface area contributed by atoms with Crippen molar-refractivity contribution in [3.63, 3.8) is 0 Å². The van der Waals surface area contributed by atoms with E-state index in [1.807, 2.05) is 0 Å². The summed E-state index contributed by atoms with van der Waals surface area (Å²) in [5.41, 5.74) is 11.9. The summed E-state index contributed by atoms with van der Waals surface area (Å²) in [6, 6.07) is 0.106. The highest BCUT2D eigenvalue weighted by Crippen LogP contribution is 2.40. The zero-order chi connectivity index (χ0) is 24.6. The van der Waals surface area contributed by atoms with Crippen LogP contribution in [0.1, 0.15) is 52.9 Å². The number of carbonyl (C=O) groups excluding carboxylic acids is 1. The van der Waals surface area contributed by atoms with E-state index < -0.39 is 21.2 Å². The van der Waals surface area contributed by atoms with Gasteiger partial charge in [-0.3, -0.25) is 25.6 Å². The van der Waals surface area contributed by atoms with Gasteiger partial charge in [-0.1, -0.05) is 20.8 Å². The van der Waals surface area contributed by atoms with Crippen molar-refractivity contribution < 1.29 is 13.2 Å². The molecule has 7 N–H and O–H groups in total. The van der Waals surface area contributed by atoms with Crippen molar-refractivity contribution in [3.8, 4) is 0 Å². The molecule has 3 aliphatic rings. The molecule has 0 bridgehead atoms. The van der Waals surface area contributed by atoms with Crippen LogP contribution in [0.15, 0.2) is 0 Å². The van der Waals surface area contributed by atoms with Gasteiger partial charge in [0.2, 0.25) is 15.9 Å². The number of carbonyl (C=O) groups is 1. The first-order chi connectivity index (χ1) is 15.3. The first-order valence-corrected chi connectivity index (χ1v) is 13.7. The standard InChI is InChI=1S/C22H45N7O3S/c1-22(2,3)14-9-16(11-17(10-14)33(31,32)28(4)5)26-20-18(19(24)30)12-25-21(27-20)29-8-6-7-15(23)13-29/h14-18,20-21,25-27H,6-13,23H2,1-5H3,(H2,24,30)/t14?,15-,16?,17?,18?,20?,21?/m0/s1. The van der Waals surface area contributed by atoms with Crippen LogP contribution >= 0.6 is 0 Å². The predicted molar refractivity (Wildman–Crippen MR) is 130 cm³/mol. The maximum absolute atomic E-state index is 13.0. The third-order valence-corrected chi connectivity index (χ3v) is 9.97. The summed E-state index contributed by atoms with van der Waals surface area (Å²) in [7, 11) is -0.182. The summed E-state index contributed by atoms with van der Waals surface area (Å²) in [6.07, 6.45) is 3.65. The summed E-state index contributed by atoms with van der Waals surface area (Å²) in [5.74, 6) is -0.561. The summed E-state index contributed by atoms with van der Waals surface area (Å²) in [6.45, 7) is 8.70. The fraction of sp³-hybridized carbons (Fsp3) is 0.955. The molecule has 0 radical (unpaired) electrons. The molecule has 0 aromatic rings. The average Bonchev–Trinajstić information content (AvgIpc) is 2.72. The van der Waals surface area contributed by atoms with Crippen LogP contribution < -0.4 is 27.4 Å². The number of hydrogen-bond acceptors (Lipinski definition) is 8. The first-order valence-electron chi connectivity index (χ1n) is 12.2. The van der Waals surface area contributed by atoms with Gasteiger partial charge in [-0.2, -0.15) is 0 Å². The number of primary amides is 1. The SMILES string of the molecule is CN(C)S(=O)(=O)C1CC(NC2NC(N3CCC[C@H](N)C3)NCC2C(N)=O)CC(C(C)(C)C)C1. The number of amides is 1. The fourth-order valence-corrected chi connectivity index (χ4v) is 7.09. The van der Waals surface area contributed by atoms with E-state index in [0.29, 0.717) is 19.4 Å². The number of sulfonamides is 1. The molecule has 1 amide bonds. The van der Waals surface area contributed by atoms with Gasteiger partial charge in [0, 0.05) is 45.8 Å². The lowest BCUT2D eigenvalue weighted by Crippen LogP contribution is -2.72. The average molecular weight is 488 g/mol. The van der Waals surface area contributed by atoms with Crippen LogP contribution in [-0.2, 0) is 14.8 Å². The summed E-state index contributed by atoms with van der Waals surface area (Å²) in [4.78, 5) is 14.5. The molecular weight excluding hydrogens is 442 g/mol. The molecule has 2 aliphatic heterocycles. The van der Waals surface area contributed by atoms with Gasteiger partial charge in [0.05, 0.1) is 17.3 Å². The fourth-order valence-electron chi connectivity index (χ4n) is 5.55. The number of rotatable bonds is 6. The van der Waals surface area contributed by atoms with Crippen molar-refractivity contribution in [2.75, 3.05) is 33.7 Å². The molecule has 0 aromatic carbocycles. The Bertz CT molecular complexity index is 785. The minimum atomic E-state index is -3.38. The van der Waals surface area contributed by atoms with Crippen molar-refractivity contribution >= 4 is 15.9 Å². The second kappa shape index (κ2) is 10.4. The van der Waals surface area contributed by atoms with Gasteiger partial charge in [-0.05, 0) is 43.4 Å². The molecule has 2 heterocycles. The Hall–Kier alpha value is -0.820. The Morgan fingerprint density at radius 1 is 1.18 bits per heavy atom. The molecule has 1 saturated carbocycles. The van der Waals surface area contributed by atoms with E-state index in [1.165, 1.54) is 4.31 Å². The molecule has 2 saturated heterocycles. The predicted octanol–water partition coefficient (Wildman–Crippen LogP) is -0.622. The van der Waals surface area contributed by atoms with Crippen molar-refractivity contribution in [1.82, 2.24) is 25.2 Å². The van der Waals surface area contributed by atoms with Crippen LogP contribution in [0.25, 0.3) is 0 Å². The molecule has 33 heavy (non-hydrogen) atoms. The molecule has 10 nitrogen and oxygen atoms in total. The van der Waals surface area contributed by atoms with Gasteiger partial charge in [-0.25, -0.2) is 12.7 Å². The van der Waals surface area contributed by atoms with E-state index in [-0.39, 0.29) is 41.8 Å². The molecule has 3 rings (SSSR count). The molecule has 0 spiro atoms. The normalized spacial score (nSPS) is 37.2. The van der Waals surface area contributed by atoms with Crippen LogP contribution in [0, 0.1) is 17.3 Å². The van der Waals surface area contributed by atoms with Crippen LogP contribution in [0.5, 0.6) is 0 Å². The molecule has 7 atom stereocenters. The van der Waals surface area contributed by atoms with E-state index in [4.69, 9.17) is 11.5 Å². The molecule has 1 aliphatic carbocycles. The van der Waals surface area contributed by atoms with Crippen LogP contribution in [0.3, 0.4) is 0 Å². The third kappa shape index (κ3) is 6.45. The second-order valence-electron chi connectivity index (χ2n) is 11.4. The van der Waals surface area contributed by atoms with Crippen molar-refractivity contribution in [2.24, 2.45) is 28.7 Å². The Balaban J connectivity index is 1.77. The smallest absolute Gasteiger partial charge is 0.224 e. The molecule has 6 unspecified atom stereocenters. The third-order valence-electron chi connectivity index (χ3n) is 7.72. The van der Waals surface area contributed by atoms with Crippen molar-refractivity contribution in [1.29, 1.82) is 0 Å². The van der Waals surface area contributed by atoms with E-state index in [1.54, 1.807) is 14.1 Å². The number of likely N-dealkylation sites (tertiary alicyclic amines) is 1. The Kier molecular flexibility index (Phi) is 8.46. The number of piperidine rings is 1. The van der Waals surface area contributed by atoms with Gasteiger partial charge in [0.15, 0.2) is 0 Å². The van der Waals surface area contributed by atoms with Crippen molar-refractivity contribution in [3.05, 3.63) is 0 Å². The first kappa shape index (κ1) is 26.8. The Labute approximate surface area is 199 Å². The molecule has 192 valence electrons. The van der Waals surface area contributed by atoms with Gasteiger partial charge in [0.1, 0.15) is 6.29 Å². The summed E-state index contributed by atoms with van der Waals surface area (Å²) >= 11 is 0. The van der Waals surface area contributed by atoms with Crippen LogP contribution in [-0.4, -0.2) is 87.0 Å². The van der Waals surface area contributed by atoms with Crippen molar-refractivity contribution in [2.45, 2.75) is 82.7 Å². The number of nitrogens with zero attached hydrogens (tertiary/aromatic N) is 2. The zero-order valence-electron chi connectivity index (χ0n) is 20.9. The van der Waals surface area contributed by atoms with E-state index >= 15 is 0 Å². The topological polar surface area (TPSA) is 146 Å². The lowest BCUT2D eigenvalue weighted by atomic mass is 9.70. The highest BCUT2D eigenvalue weighted by atomic mass is 32.2. The van der Waals surface area contributed by atoms with Gasteiger partial charge in [0.25, 0.3) is 0 Å². The Morgan fingerprint density at radius 2 is 1.88 bits per heavy atom. The monoisotopic (exact) mass is 487 g/mol. The molecular formula is C22H45N7O3S. The van der Waals surface area contributed by atoms with E-state index in [9.17, 15) is 13.2 Å². The van der Waals surface area contributed by atoms with Crippen LogP contribution in [0.4, 0.5) is 0 Å². The lowest BCUT2D eigenvalue weighted by molar-refractivity contribution is -0.124. The zero-order valence-corrected chi connectivity index (χ0v) is 21.7. The molecule has 0 aromatic heterocycles. The van der Waals surface area contributed by atoms with E-state index in [2.05, 4.69) is 41.6 Å². The van der Waals surface area contributed by atoms with Crippen LogP contribution in [0.2, 0.25) is 0 Å². The maximum Gasteiger partial charge on any atom is 0.224 e. The van der Waals surface area contributed by atoms with Gasteiger partial charge >= 0.3 is 0 Å². The van der Waals surface area contributed by atoms with Gasteiger partial charge < -0.3 is 11.5 Å². The van der Waals surface area contributed by atoms with Gasteiger partial charge in [-0.15, -0.1) is 0 Å². The minimum absolute atomic E-state index is 0.0163.